The Morgan fingerprint density at radius 1 is 1.24 bits per heavy atom. The summed E-state index contributed by atoms with van der Waals surface area (Å²) >= 11 is 0. The van der Waals surface area contributed by atoms with Crippen molar-refractivity contribution in [1.29, 1.82) is 0 Å². The quantitative estimate of drug-likeness (QED) is 0.795. The van der Waals surface area contributed by atoms with Gasteiger partial charge in [-0.2, -0.15) is 0 Å². The first-order chi connectivity index (χ1) is 10.2. The molecule has 2 saturated heterocycles. The second-order valence-corrected chi connectivity index (χ2v) is 6.42. The fraction of sp³-hybridized carbons (Fsp3) is 0.611. The normalized spacial score (nSPS) is 24.8. The highest BCUT2D eigenvalue weighted by Gasteiger charge is 2.34. The number of fused-ring (bicyclic) bond motifs is 1. The van der Waals surface area contributed by atoms with Crippen molar-refractivity contribution in [3.8, 4) is 0 Å². The molecule has 0 aliphatic carbocycles. The van der Waals surface area contributed by atoms with Gasteiger partial charge in [-0.1, -0.05) is 31.2 Å². The van der Waals surface area contributed by atoms with E-state index in [0.29, 0.717) is 6.04 Å². The average molecular weight is 286 g/mol. The van der Waals surface area contributed by atoms with E-state index in [1.54, 1.807) is 0 Å². The van der Waals surface area contributed by atoms with E-state index in [1.807, 2.05) is 12.1 Å². The van der Waals surface area contributed by atoms with Crippen molar-refractivity contribution in [1.82, 2.24) is 9.80 Å². The topological polar surface area (TPSA) is 23.6 Å². The molecule has 2 fully saturated rings. The molecule has 0 saturated carbocycles. The third-order valence-corrected chi connectivity index (χ3v) is 5.19. The van der Waals surface area contributed by atoms with E-state index in [-0.39, 0.29) is 11.8 Å². The fourth-order valence-electron chi connectivity index (χ4n) is 3.68. The Morgan fingerprint density at radius 2 is 2.00 bits per heavy atom. The van der Waals surface area contributed by atoms with Gasteiger partial charge in [0.25, 0.3) is 0 Å². The smallest absolute Gasteiger partial charge is 0.179 e. The van der Waals surface area contributed by atoms with Crippen molar-refractivity contribution in [2.24, 2.45) is 0 Å². The number of hydrogen-bond donors (Lipinski definition) is 0. The molecule has 0 spiro atoms. The first-order valence-electron chi connectivity index (χ1n) is 8.30. The van der Waals surface area contributed by atoms with Crippen LogP contribution in [0.4, 0.5) is 0 Å². The van der Waals surface area contributed by atoms with Crippen LogP contribution < -0.4 is 0 Å². The van der Waals surface area contributed by atoms with E-state index < -0.39 is 0 Å². The lowest BCUT2D eigenvalue weighted by atomic mass is 10.0. The summed E-state index contributed by atoms with van der Waals surface area (Å²) in [6.07, 6.45) is 3.63. The maximum absolute atomic E-state index is 12.7. The SMILES string of the molecule is CCc1ccc(C(=O)C(C)N2CCN3CCCC3C2)cc1. The van der Waals surface area contributed by atoms with Gasteiger partial charge in [0.05, 0.1) is 6.04 Å². The molecule has 2 atom stereocenters. The fourth-order valence-corrected chi connectivity index (χ4v) is 3.68. The zero-order chi connectivity index (χ0) is 14.8. The molecule has 2 heterocycles. The lowest BCUT2D eigenvalue weighted by molar-refractivity contribution is 0.0602. The predicted octanol–water partition coefficient (Wildman–Crippen LogP) is 2.60. The van der Waals surface area contributed by atoms with Crippen molar-refractivity contribution in [2.75, 3.05) is 26.2 Å². The number of hydrogen-bond acceptors (Lipinski definition) is 3. The monoisotopic (exact) mass is 286 g/mol. The Bertz CT molecular complexity index is 496. The van der Waals surface area contributed by atoms with Crippen molar-refractivity contribution < 1.29 is 4.79 Å². The van der Waals surface area contributed by atoms with Gasteiger partial charge in [-0.15, -0.1) is 0 Å². The lowest BCUT2D eigenvalue weighted by Gasteiger charge is -2.40. The zero-order valence-electron chi connectivity index (χ0n) is 13.2. The molecule has 1 aromatic rings. The van der Waals surface area contributed by atoms with Crippen LogP contribution in [0.25, 0.3) is 0 Å². The first-order valence-corrected chi connectivity index (χ1v) is 8.30. The van der Waals surface area contributed by atoms with Crippen LogP contribution in [-0.2, 0) is 6.42 Å². The second kappa shape index (κ2) is 6.29. The number of carbonyl (C=O) groups is 1. The molecule has 3 rings (SSSR count). The number of carbonyl (C=O) groups excluding carboxylic acids is 1. The molecule has 0 radical (unpaired) electrons. The summed E-state index contributed by atoms with van der Waals surface area (Å²) in [6, 6.07) is 8.81. The van der Waals surface area contributed by atoms with E-state index in [0.717, 1.165) is 31.6 Å². The summed E-state index contributed by atoms with van der Waals surface area (Å²) in [5.74, 6) is 0.268. The highest BCUT2D eigenvalue weighted by Crippen LogP contribution is 2.23. The van der Waals surface area contributed by atoms with Gasteiger partial charge in [-0.25, -0.2) is 0 Å². The minimum atomic E-state index is 0.000210. The van der Waals surface area contributed by atoms with E-state index in [1.165, 1.54) is 24.9 Å². The Labute approximate surface area is 127 Å². The highest BCUT2D eigenvalue weighted by atomic mass is 16.1. The van der Waals surface area contributed by atoms with Crippen molar-refractivity contribution >= 4 is 5.78 Å². The average Bonchev–Trinajstić information content (AvgIpc) is 3.01. The van der Waals surface area contributed by atoms with Crippen LogP contribution >= 0.6 is 0 Å². The van der Waals surface area contributed by atoms with Gasteiger partial charge in [0, 0.05) is 31.2 Å². The minimum Gasteiger partial charge on any atom is -0.298 e. The molecular formula is C18H26N2O. The molecule has 0 aromatic heterocycles. The molecule has 3 nitrogen and oxygen atoms in total. The molecule has 0 bridgehead atoms. The summed E-state index contributed by atoms with van der Waals surface area (Å²) in [5, 5.41) is 0. The van der Waals surface area contributed by atoms with Gasteiger partial charge < -0.3 is 0 Å². The van der Waals surface area contributed by atoms with Gasteiger partial charge in [0.15, 0.2) is 5.78 Å². The predicted molar refractivity (Wildman–Crippen MR) is 85.8 cm³/mol. The van der Waals surface area contributed by atoms with Gasteiger partial charge in [-0.05, 0) is 38.3 Å². The van der Waals surface area contributed by atoms with E-state index in [2.05, 4.69) is 35.8 Å². The van der Waals surface area contributed by atoms with E-state index in [9.17, 15) is 4.79 Å². The molecule has 2 aliphatic rings. The minimum absolute atomic E-state index is 0.000210. The van der Waals surface area contributed by atoms with Crippen molar-refractivity contribution in [2.45, 2.75) is 45.2 Å². The molecule has 2 unspecified atom stereocenters. The van der Waals surface area contributed by atoms with Gasteiger partial charge >= 0.3 is 0 Å². The third-order valence-electron chi connectivity index (χ3n) is 5.19. The second-order valence-electron chi connectivity index (χ2n) is 6.42. The summed E-state index contributed by atoms with van der Waals surface area (Å²) in [4.78, 5) is 17.6. The van der Waals surface area contributed by atoms with Crippen LogP contribution in [0.2, 0.25) is 0 Å². The molecule has 1 aromatic carbocycles. The number of nitrogens with zero attached hydrogens (tertiary/aromatic N) is 2. The van der Waals surface area contributed by atoms with Crippen LogP contribution in [-0.4, -0.2) is 53.8 Å². The van der Waals surface area contributed by atoms with Gasteiger partial charge in [0.1, 0.15) is 0 Å². The standard InChI is InChI=1S/C18H26N2O/c1-3-15-6-8-16(9-7-15)18(21)14(2)20-12-11-19-10-4-5-17(19)13-20/h6-9,14,17H,3-5,10-13H2,1-2H3. The van der Waals surface area contributed by atoms with Crippen LogP contribution in [0.1, 0.15) is 42.6 Å². The van der Waals surface area contributed by atoms with Crippen molar-refractivity contribution in [3.05, 3.63) is 35.4 Å². The first kappa shape index (κ1) is 14.7. The lowest BCUT2D eigenvalue weighted by Crippen LogP contribution is -2.54. The molecular weight excluding hydrogens is 260 g/mol. The van der Waals surface area contributed by atoms with Gasteiger partial charge in [0.2, 0.25) is 0 Å². The number of rotatable bonds is 4. The van der Waals surface area contributed by atoms with Crippen molar-refractivity contribution in [3.63, 3.8) is 0 Å². The highest BCUT2D eigenvalue weighted by molar-refractivity contribution is 5.99. The van der Waals surface area contributed by atoms with E-state index in [4.69, 9.17) is 0 Å². The third kappa shape index (κ3) is 3.04. The summed E-state index contributed by atoms with van der Waals surface area (Å²) < 4.78 is 0. The number of ketones is 1. The molecule has 21 heavy (non-hydrogen) atoms. The number of Topliss-reactive ketones (excluding diaryl/α,β-unsaturated/α-hetero) is 1. The van der Waals surface area contributed by atoms with Crippen LogP contribution in [0, 0.1) is 0 Å². The summed E-state index contributed by atoms with van der Waals surface area (Å²) in [6.45, 7) is 8.66. The Hall–Kier alpha value is -1.19. The largest absolute Gasteiger partial charge is 0.298 e. The summed E-state index contributed by atoms with van der Waals surface area (Å²) in [7, 11) is 0. The molecule has 114 valence electrons. The molecule has 0 N–H and O–H groups in total. The number of aryl methyl sites for hydroxylation is 1. The number of piperazine rings is 1. The molecule has 2 aliphatic heterocycles. The van der Waals surface area contributed by atoms with E-state index >= 15 is 0 Å². The van der Waals surface area contributed by atoms with Crippen LogP contribution in [0.15, 0.2) is 24.3 Å². The van der Waals surface area contributed by atoms with Crippen LogP contribution in [0.5, 0.6) is 0 Å². The maximum Gasteiger partial charge on any atom is 0.179 e. The zero-order valence-corrected chi connectivity index (χ0v) is 13.2. The maximum atomic E-state index is 12.7. The Balaban J connectivity index is 1.66. The van der Waals surface area contributed by atoms with Crippen LogP contribution in [0.3, 0.4) is 0 Å². The Kier molecular flexibility index (Phi) is 4.41. The van der Waals surface area contributed by atoms with Gasteiger partial charge in [-0.3, -0.25) is 14.6 Å². The number of benzene rings is 1. The summed E-state index contributed by atoms with van der Waals surface area (Å²) in [5.41, 5.74) is 2.15. The molecule has 0 amide bonds. The Morgan fingerprint density at radius 3 is 2.71 bits per heavy atom. The molecule has 3 heteroatoms.